The van der Waals surface area contributed by atoms with Crippen LogP contribution in [0, 0.1) is 5.92 Å². The van der Waals surface area contributed by atoms with Crippen LogP contribution < -0.4 is 10.5 Å². The molecule has 6 nitrogen and oxygen atoms in total. The maximum Gasteiger partial charge on any atom is 0.307 e. The molecular formula is C27H27N3O3. The first kappa shape index (κ1) is 21.2. The molecule has 0 atom stereocenters. The summed E-state index contributed by atoms with van der Waals surface area (Å²) >= 11 is 0. The molecule has 0 unspecified atom stereocenters. The summed E-state index contributed by atoms with van der Waals surface area (Å²) in [6.45, 7) is 1.77. The first-order valence-corrected chi connectivity index (χ1v) is 11.3. The number of ether oxygens (including phenoxy) is 1. The van der Waals surface area contributed by atoms with Crippen LogP contribution in [0.15, 0.2) is 67.0 Å². The third kappa shape index (κ3) is 4.76. The number of hydrogen-bond acceptors (Lipinski definition) is 4. The lowest BCUT2D eigenvalue weighted by atomic mass is 9.99. The van der Waals surface area contributed by atoms with Crippen LogP contribution in [0.5, 0.6) is 5.75 Å². The molecule has 3 N–H and O–H groups in total. The van der Waals surface area contributed by atoms with Gasteiger partial charge in [-0.25, -0.2) is 0 Å². The van der Waals surface area contributed by atoms with E-state index >= 15 is 0 Å². The van der Waals surface area contributed by atoms with Gasteiger partial charge in [0, 0.05) is 41.9 Å². The van der Waals surface area contributed by atoms with Crippen molar-refractivity contribution in [1.29, 1.82) is 0 Å². The van der Waals surface area contributed by atoms with E-state index in [1.54, 1.807) is 12.3 Å². The largest absolute Gasteiger partial charge is 0.489 e. The average Bonchev–Trinajstić information content (AvgIpc) is 3.56. The molecule has 33 heavy (non-hydrogen) atoms. The maximum absolute atomic E-state index is 11.2. The van der Waals surface area contributed by atoms with Crippen molar-refractivity contribution in [2.45, 2.75) is 39.0 Å². The van der Waals surface area contributed by atoms with Gasteiger partial charge in [0.15, 0.2) is 0 Å². The highest BCUT2D eigenvalue weighted by Crippen LogP contribution is 2.35. The molecule has 4 aromatic rings. The van der Waals surface area contributed by atoms with Gasteiger partial charge in [-0.05, 0) is 71.8 Å². The first-order valence-electron chi connectivity index (χ1n) is 11.3. The first-order chi connectivity index (χ1) is 16.1. The third-order valence-corrected chi connectivity index (χ3v) is 6.15. The molecule has 0 saturated heterocycles. The Hall–Kier alpha value is -3.64. The molecule has 1 aliphatic carbocycles. The minimum absolute atomic E-state index is 0.0659. The average molecular weight is 442 g/mol. The number of para-hydroxylation sites is 1. The fourth-order valence-electron chi connectivity index (χ4n) is 4.29. The molecule has 2 aromatic carbocycles. The lowest BCUT2D eigenvalue weighted by Crippen LogP contribution is -2.05. The molecule has 168 valence electrons. The number of nitrogens with two attached hydrogens (primary N) is 1. The molecule has 2 heterocycles. The van der Waals surface area contributed by atoms with Crippen molar-refractivity contribution in [3.8, 4) is 16.9 Å². The van der Waals surface area contributed by atoms with Crippen molar-refractivity contribution < 1.29 is 14.6 Å². The Labute approximate surface area is 192 Å². The van der Waals surface area contributed by atoms with E-state index in [-0.39, 0.29) is 6.42 Å². The van der Waals surface area contributed by atoms with Crippen molar-refractivity contribution in [2.24, 2.45) is 11.7 Å². The molecule has 2 aromatic heterocycles. The summed E-state index contributed by atoms with van der Waals surface area (Å²) in [6, 6.07) is 17.9. The van der Waals surface area contributed by atoms with E-state index in [2.05, 4.69) is 33.9 Å². The van der Waals surface area contributed by atoms with Crippen molar-refractivity contribution in [3.63, 3.8) is 0 Å². The van der Waals surface area contributed by atoms with Gasteiger partial charge in [-0.3, -0.25) is 9.78 Å². The summed E-state index contributed by atoms with van der Waals surface area (Å²) in [5, 5.41) is 10.4. The lowest BCUT2D eigenvalue weighted by Gasteiger charge is -2.14. The molecular weight excluding hydrogens is 414 g/mol. The number of aromatic nitrogens is 2. The summed E-state index contributed by atoms with van der Waals surface area (Å²) < 4.78 is 8.45. The van der Waals surface area contributed by atoms with Crippen LogP contribution in [0.3, 0.4) is 0 Å². The zero-order chi connectivity index (χ0) is 22.8. The van der Waals surface area contributed by atoms with Crippen LogP contribution in [0.25, 0.3) is 22.0 Å². The molecule has 1 fully saturated rings. The summed E-state index contributed by atoms with van der Waals surface area (Å²) in [5.74, 6) is 0.488. The SMILES string of the molecule is NCc1cc(-c2cc(COc3ccccc3CC(=O)O)cc3c2ccn3CC2CC2)ccn1. The van der Waals surface area contributed by atoms with Crippen LogP contribution in [0.4, 0.5) is 0 Å². The predicted octanol–water partition coefficient (Wildman–Crippen LogP) is 4.78. The molecule has 5 rings (SSSR count). The highest BCUT2D eigenvalue weighted by atomic mass is 16.5. The normalized spacial score (nSPS) is 13.4. The molecule has 0 bridgehead atoms. The van der Waals surface area contributed by atoms with Crippen LogP contribution in [-0.2, 0) is 30.9 Å². The van der Waals surface area contributed by atoms with Crippen molar-refractivity contribution in [1.82, 2.24) is 9.55 Å². The molecule has 0 aliphatic heterocycles. The number of carboxylic acid groups (broad SMARTS) is 1. The summed E-state index contributed by atoms with van der Waals surface area (Å²) in [5.41, 5.74) is 11.8. The van der Waals surface area contributed by atoms with Crippen LogP contribution >= 0.6 is 0 Å². The Kier molecular flexibility index (Phi) is 5.84. The molecule has 1 saturated carbocycles. The summed E-state index contributed by atoms with van der Waals surface area (Å²) in [4.78, 5) is 15.6. The van der Waals surface area contributed by atoms with E-state index < -0.39 is 5.97 Å². The van der Waals surface area contributed by atoms with Crippen molar-refractivity contribution >= 4 is 16.9 Å². The number of rotatable bonds is 9. The molecule has 0 radical (unpaired) electrons. The Balaban J connectivity index is 1.52. The van der Waals surface area contributed by atoms with Gasteiger partial charge < -0.3 is 20.1 Å². The Morgan fingerprint density at radius 1 is 1.15 bits per heavy atom. The van der Waals surface area contributed by atoms with Gasteiger partial charge in [0.2, 0.25) is 0 Å². The van der Waals surface area contributed by atoms with Crippen molar-refractivity contribution in [2.75, 3.05) is 0 Å². The monoisotopic (exact) mass is 441 g/mol. The van der Waals surface area contributed by atoms with Crippen molar-refractivity contribution in [3.05, 3.63) is 83.8 Å². The molecule has 0 spiro atoms. The Morgan fingerprint density at radius 2 is 2.00 bits per heavy atom. The number of carboxylic acids is 1. The zero-order valence-electron chi connectivity index (χ0n) is 18.4. The zero-order valence-corrected chi connectivity index (χ0v) is 18.4. The summed E-state index contributed by atoms with van der Waals surface area (Å²) in [6.07, 6.45) is 6.49. The number of nitrogens with zero attached hydrogens (tertiary/aromatic N) is 2. The van der Waals surface area contributed by atoms with Crippen LogP contribution in [0.1, 0.15) is 29.7 Å². The van der Waals surface area contributed by atoms with Crippen LogP contribution in [0.2, 0.25) is 0 Å². The number of fused-ring (bicyclic) bond motifs is 1. The lowest BCUT2D eigenvalue weighted by molar-refractivity contribution is -0.136. The Bertz CT molecular complexity index is 1310. The molecule has 6 heteroatoms. The number of hydrogen-bond donors (Lipinski definition) is 2. The van der Waals surface area contributed by atoms with E-state index in [1.165, 1.54) is 23.7 Å². The fourth-order valence-corrected chi connectivity index (χ4v) is 4.29. The number of aliphatic carboxylic acids is 1. The second-order valence-corrected chi connectivity index (χ2v) is 8.69. The van der Waals surface area contributed by atoms with E-state index in [9.17, 15) is 9.90 Å². The fraction of sp³-hybridized carbons (Fsp3) is 0.259. The van der Waals surface area contributed by atoms with Gasteiger partial charge in [-0.2, -0.15) is 0 Å². The van der Waals surface area contributed by atoms with E-state index in [4.69, 9.17) is 10.5 Å². The van der Waals surface area contributed by atoms with Gasteiger partial charge in [-0.15, -0.1) is 0 Å². The number of pyridine rings is 1. The quantitative estimate of drug-likeness (QED) is 0.390. The second-order valence-electron chi connectivity index (χ2n) is 8.69. The highest BCUT2D eigenvalue weighted by molar-refractivity contribution is 5.96. The van der Waals surface area contributed by atoms with Gasteiger partial charge in [0.1, 0.15) is 12.4 Å². The molecule has 0 amide bonds. The van der Waals surface area contributed by atoms with Gasteiger partial charge in [-0.1, -0.05) is 18.2 Å². The predicted molar refractivity (Wildman–Crippen MR) is 128 cm³/mol. The smallest absolute Gasteiger partial charge is 0.307 e. The topological polar surface area (TPSA) is 90.4 Å². The van der Waals surface area contributed by atoms with Gasteiger partial charge in [0.05, 0.1) is 12.1 Å². The highest BCUT2D eigenvalue weighted by Gasteiger charge is 2.22. The standard InChI is InChI=1S/C27H27N3O3/c28-15-22-13-20(7-9-29-22)24-11-19(12-25-23(24)8-10-30(25)16-18-5-6-18)17-33-26-4-2-1-3-21(26)14-27(31)32/h1-4,7-13,18H,5-6,14-17,28H2,(H,31,32). The second kappa shape index (κ2) is 9.08. The van der Waals surface area contributed by atoms with E-state index in [1.807, 2.05) is 30.3 Å². The summed E-state index contributed by atoms with van der Waals surface area (Å²) in [7, 11) is 0. The number of benzene rings is 2. The van der Waals surface area contributed by atoms with E-state index in [0.29, 0.717) is 24.5 Å². The molecule has 1 aliphatic rings. The van der Waals surface area contributed by atoms with E-state index in [0.717, 1.165) is 34.8 Å². The minimum atomic E-state index is -0.874. The minimum Gasteiger partial charge on any atom is -0.489 e. The van der Waals surface area contributed by atoms with Gasteiger partial charge in [0.25, 0.3) is 0 Å². The number of carbonyl (C=O) groups is 1. The van der Waals surface area contributed by atoms with Crippen LogP contribution in [-0.4, -0.2) is 20.6 Å². The van der Waals surface area contributed by atoms with Gasteiger partial charge >= 0.3 is 5.97 Å². The maximum atomic E-state index is 11.2. The third-order valence-electron chi connectivity index (χ3n) is 6.15. The Morgan fingerprint density at radius 3 is 2.79 bits per heavy atom.